The van der Waals surface area contributed by atoms with Gasteiger partial charge in [-0.1, -0.05) is 28.1 Å². The SMILES string of the molecule is Brc1cccc(C2CN(CC3CCNCC3)CCO2)c1. The number of nitrogens with one attached hydrogen (secondary N) is 1. The fourth-order valence-corrected chi connectivity index (χ4v) is 3.62. The first-order valence-corrected chi connectivity index (χ1v) is 8.41. The van der Waals surface area contributed by atoms with Gasteiger partial charge in [-0.25, -0.2) is 0 Å². The summed E-state index contributed by atoms with van der Waals surface area (Å²) in [5.74, 6) is 0.859. The summed E-state index contributed by atoms with van der Waals surface area (Å²) < 4.78 is 7.10. The Morgan fingerprint density at radius 1 is 1.30 bits per heavy atom. The van der Waals surface area contributed by atoms with Crippen LogP contribution in [0.3, 0.4) is 0 Å². The van der Waals surface area contributed by atoms with Crippen molar-refractivity contribution in [1.29, 1.82) is 0 Å². The van der Waals surface area contributed by atoms with Crippen molar-refractivity contribution in [3.05, 3.63) is 34.3 Å². The van der Waals surface area contributed by atoms with Crippen molar-refractivity contribution in [3.63, 3.8) is 0 Å². The maximum Gasteiger partial charge on any atom is 0.0952 e. The second-order valence-corrected chi connectivity index (χ2v) is 6.78. The molecule has 3 nitrogen and oxygen atoms in total. The van der Waals surface area contributed by atoms with Gasteiger partial charge in [0.25, 0.3) is 0 Å². The van der Waals surface area contributed by atoms with Crippen LogP contribution in [-0.2, 0) is 4.74 Å². The molecule has 1 unspecified atom stereocenters. The fourth-order valence-electron chi connectivity index (χ4n) is 3.21. The molecule has 110 valence electrons. The molecular formula is C16H23BrN2O. The molecule has 0 aliphatic carbocycles. The van der Waals surface area contributed by atoms with E-state index >= 15 is 0 Å². The van der Waals surface area contributed by atoms with E-state index in [9.17, 15) is 0 Å². The predicted molar refractivity (Wildman–Crippen MR) is 84.9 cm³/mol. The summed E-state index contributed by atoms with van der Waals surface area (Å²) in [5, 5.41) is 3.44. The normalized spacial score (nSPS) is 25.8. The number of morpholine rings is 1. The van der Waals surface area contributed by atoms with Crippen molar-refractivity contribution in [2.45, 2.75) is 18.9 Å². The van der Waals surface area contributed by atoms with E-state index in [0.717, 1.165) is 30.1 Å². The third kappa shape index (κ3) is 3.82. The van der Waals surface area contributed by atoms with Gasteiger partial charge in [0.15, 0.2) is 0 Å². The van der Waals surface area contributed by atoms with Crippen LogP contribution in [0.1, 0.15) is 24.5 Å². The van der Waals surface area contributed by atoms with E-state index in [4.69, 9.17) is 4.74 Å². The van der Waals surface area contributed by atoms with Crippen LogP contribution in [0.15, 0.2) is 28.7 Å². The van der Waals surface area contributed by atoms with E-state index in [-0.39, 0.29) is 6.10 Å². The first kappa shape index (κ1) is 14.5. The quantitative estimate of drug-likeness (QED) is 0.917. The molecular weight excluding hydrogens is 316 g/mol. The molecule has 2 fully saturated rings. The van der Waals surface area contributed by atoms with E-state index in [2.05, 4.69) is 50.4 Å². The van der Waals surface area contributed by atoms with E-state index < -0.39 is 0 Å². The van der Waals surface area contributed by atoms with Gasteiger partial charge in [0, 0.05) is 24.1 Å². The van der Waals surface area contributed by atoms with Crippen LogP contribution >= 0.6 is 15.9 Å². The van der Waals surface area contributed by atoms with Crippen LogP contribution in [-0.4, -0.2) is 44.2 Å². The molecule has 0 spiro atoms. The molecule has 2 aliphatic heterocycles. The largest absolute Gasteiger partial charge is 0.371 e. The lowest BCUT2D eigenvalue weighted by Crippen LogP contribution is -2.43. The number of benzene rings is 1. The second-order valence-electron chi connectivity index (χ2n) is 5.87. The smallest absolute Gasteiger partial charge is 0.0952 e. The Morgan fingerprint density at radius 2 is 2.15 bits per heavy atom. The molecule has 1 atom stereocenters. The highest BCUT2D eigenvalue weighted by Gasteiger charge is 2.24. The summed E-state index contributed by atoms with van der Waals surface area (Å²) in [5.41, 5.74) is 1.29. The van der Waals surface area contributed by atoms with Gasteiger partial charge in [-0.05, 0) is 49.5 Å². The van der Waals surface area contributed by atoms with Gasteiger partial charge in [0.1, 0.15) is 0 Å². The lowest BCUT2D eigenvalue weighted by Gasteiger charge is -2.36. The third-order valence-electron chi connectivity index (χ3n) is 4.35. The molecule has 2 saturated heterocycles. The van der Waals surface area contributed by atoms with Gasteiger partial charge in [0.05, 0.1) is 12.7 Å². The van der Waals surface area contributed by atoms with E-state index in [1.54, 1.807) is 0 Å². The van der Waals surface area contributed by atoms with Crippen LogP contribution in [0.4, 0.5) is 0 Å². The summed E-state index contributed by atoms with van der Waals surface area (Å²) >= 11 is 3.55. The molecule has 3 rings (SSSR count). The topological polar surface area (TPSA) is 24.5 Å². The van der Waals surface area contributed by atoms with Crippen molar-refractivity contribution in [1.82, 2.24) is 10.2 Å². The standard InChI is InChI=1S/C16H23BrN2O/c17-15-3-1-2-14(10-15)16-12-19(8-9-20-16)11-13-4-6-18-7-5-13/h1-3,10,13,16,18H,4-9,11-12H2. The van der Waals surface area contributed by atoms with Gasteiger partial charge < -0.3 is 10.1 Å². The maximum absolute atomic E-state index is 5.96. The fraction of sp³-hybridized carbons (Fsp3) is 0.625. The molecule has 20 heavy (non-hydrogen) atoms. The average molecular weight is 339 g/mol. The van der Waals surface area contributed by atoms with Crippen molar-refractivity contribution in [2.24, 2.45) is 5.92 Å². The molecule has 1 N–H and O–H groups in total. The van der Waals surface area contributed by atoms with Crippen molar-refractivity contribution >= 4 is 15.9 Å². The first-order chi connectivity index (χ1) is 9.81. The zero-order chi connectivity index (χ0) is 13.8. The molecule has 1 aromatic rings. The number of rotatable bonds is 3. The summed E-state index contributed by atoms with van der Waals surface area (Å²) in [6.45, 7) is 6.56. The van der Waals surface area contributed by atoms with E-state index in [0.29, 0.717) is 0 Å². The number of ether oxygens (including phenoxy) is 1. The monoisotopic (exact) mass is 338 g/mol. The number of halogens is 1. The van der Waals surface area contributed by atoms with Gasteiger partial charge in [-0.3, -0.25) is 4.90 Å². The summed E-state index contributed by atoms with van der Waals surface area (Å²) in [7, 11) is 0. The second kappa shape index (κ2) is 7.03. The van der Waals surface area contributed by atoms with E-state index in [1.165, 1.54) is 38.0 Å². The Balaban J connectivity index is 1.58. The zero-order valence-electron chi connectivity index (χ0n) is 11.9. The van der Waals surface area contributed by atoms with Gasteiger partial charge >= 0.3 is 0 Å². The van der Waals surface area contributed by atoms with Crippen LogP contribution in [0.25, 0.3) is 0 Å². The maximum atomic E-state index is 5.96. The Hall–Kier alpha value is -0.420. The Kier molecular flexibility index (Phi) is 5.10. The molecule has 0 saturated carbocycles. The lowest BCUT2D eigenvalue weighted by molar-refractivity contribution is -0.0357. The van der Waals surface area contributed by atoms with Gasteiger partial charge in [-0.15, -0.1) is 0 Å². The average Bonchev–Trinajstić information content (AvgIpc) is 2.49. The highest BCUT2D eigenvalue weighted by molar-refractivity contribution is 9.10. The lowest BCUT2D eigenvalue weighted by atomic mass is 9.97. The Bertz CT molecular complexity index is 434. The molecule has 0 bridgehead atoms. The van der Waals surface area contributed by atoms with E-state index in [1.807, 2.05) is 0 Å². The first-order valence-electron chi connectivity index (χ1n) is 7.61. The minimum absolute atomic E-state index is 0.225. The summed E-state index contributed by atoms with van der Waals surface area (Å²) in [6, 6.07) is 8.51. The van der Waals surface area contributed by atoms with Gasteiger partial charge in [-0.2, -0.15) is 0 Å². The number of hydrogen-bond donors (Lipinski definition) is 1. The van der Waals surface area contributed by atoms with Crippen LogP contribution in [0.2, 0.25) is 0 Å². The number of hydrogen-bond acceptors (Lipinski definition) is 3. The Labute approximate surface area is 129 Å². The summed E-state index contributed by atoms with van der Waals surface area (Å²) in [4.78, 5) is 2.59. The predicted octanol–water partition coefficient (Wildman–Crippen LogP) is 2.82. The van der Waals surface area contributed by atoms with Crippen LogP contribution in [0, 0.1) is 5.92 Å². The van der Waals surface area contributed by atoms with Crippen molar-refractivity contribution < 1.29 is 4.74 Å². The zero-order valence-corrected chi connectivity index (χ0v) is 13.4. The highest BCUT2D eigenvalue weighted by Crippen LogP contribution is 2.26. The highest BCUT2D eigenvalue weighted by atomic mass is 79.9. The molecule has 2 heterocycles. The molecule has 0 amide bonds. The van der Waals surface area contributed by atoms with Gasteiger partial charge in [0.2, 0.25) is 0 Å². The number of nitrogens with zero attached hydrogens (tertiary/aromatic N) is 1. The molecule has 2 aliphatic rings. The molecule has 1 aromatic carbocycles. The number of piperidine rings is 1. The third-order valence-corrected chi connectivity index (χ3v) is 4.84. The van der Waals surface area contributed by atoms with Crippen molar-refractivity contribution in [3.8, 4) is 0 Å². The van der Waals surface area contributed by atoms with Crippen LogP contribution in [0.5, 0.6) is 0 Å². The van der Waals surface area contributed by atoms with Crippen LogP contribution < -0.4 is 5.32 Å². The van der Waals surface area contributed by atoms with Crippen molar-refractivity contribution in [2.75, 3.05) is 39.3 Å². The molecule has 0 radical (unpaired) electrons. The Morgan fingerprint density at radius 3 is 2.95 bits per heavy atom. The summed E-state index contributed by atoms with van der Waals surface area (Å²) in [6.07, 6.45) is 2.86. The minimum Gasteiger partial charge on any atom is -0.371 e. The molecule has 4 heteroatoms. The molecule has 0 aromatic heterocycles. The minimum atomic E-state index is 0.225.